The first-order valence-corrected chi connectivity index (χ1v) is 6.07. The Bertz CT molecular complexity index is 521. The predicted molar refractivity (Wildman–Crippen MR) is 69.4 cm³/mol. The van der Waals surface area contributed by atoms with Crippen molar-refractivity contribution in [3.63, 3.8) is 0 Å². The molecule has 1 aromatic rings. The van der Waals surface area contributed by atoms with Crippen LogP contribution in [0.25, 0.3) is 0 Å². The van der Waals surface area contributed by atoms with Gasteiger partial charge in [0.05, 0.1) is 11.3 Å². The molecule has 0 aliphatic rings. The third-order valence-electron chi connectivity index (χ3n) is 2.83. The fraction of sp³-hybridized carbons (Fsp3) is 0.385. The van der Waals surface area contributed by atoms with E-state index in [-0.39, 0.29) is 18.0 Å². The van der Waals surface area contributed by atoms with E-state index in [1.54, 1.807) is 0 Å². The van der Waals surface area contributed by atoms with Gasteiger partial charge in [-0.3, -0.25) is 4.79 Å². The lowest BCUT2D eigenvalue weighted by molar-refractivity contribution is -0.116. The summed E-state index contributed by atoms with van der Waals surface area (Å²) in [6.07, 6.45) is 0.644. The number of carbonyl (C=O) groups excluding carboxylic acids is 1. The number of anilines is 1. The Morgan fingerprint density at radius 2 is 1.95 bits per heavy atom. The Morgan fingerprint density at radius 1 is 1.35 bits per heavy atom. The molecule has 0 radical (unpaired) electrons. The monoisotopic (exact) mass is 286 g/mol. The van der Waals surface area contributed by atoms with Gasteiger partial charge in [-0.2, -0.15) is 0 Å². The Morgan fingerprint density at radius 3 is 2.50 bits per heavy atom. The van der Waals surface area contributed by atoms with Crippen LogP contribution in [0, 0.1) is 17.6 Å². The summed E-state index contributed by atoms with van der Waals surface area (Å²) >= 11 is 0. The highest BCUT2D eigenvalue weighted by atomic mass is 19.2. The first kappa shape index (κ1) is 16.0. The molecule has 0 saturated carbocycles. The number of hydrogen-bond acceptors (Lipinski definition) is 3. The molecule has 5 nitrogen and oxygen atoms in total. The van der Waals surface area contributed by atoms with Crippen molar-refractivity contribution in [3.05, 3.63) is 29.3 Å². The third kappa shape index (κ3) is 4.27. The minimum Gasteiger partial charge on any atom is -0.478 e. The summed E-state index contributed by atoms with van der Waals surface area (Å²) in [4.78, 5) is 22.6. The molecule has 20 heavy (non-hydrogen) atoms. The largest absolute Gasteiger partial charge is 0.478 e. The zero-order valence-electron chi connectivity index (χ0n) is 11.0. The summed E-state index contributed by atoms with van der Waals surface area (Å²) in [6.45, 7) is 2.30. The van der Waals surface area contributed by atoms with Gasteiger partial charge in [-0.25, -0.2) is 13.6 Å². The number of nitrogens with two attached hydrogens (primary N) is 1. The van der Waals surface area contributed by atoms with Crippen LogP contribution in [0.15, 0.2) is 12.1 Å². The van der Waals surface area contributed by atoms with Crippen molar-refractivity contribution in [1.29, 1.82) is 0 Å². The van der Waals surface area contributed by atoms with Crippen LogP contribution in [-0.4, -0.2) is 23.5 Å². The van der Waals surface area contributed by atoms with Crippen molar-refractivity contribution in [3.8, 4) is 0 Å². The minimum atomic E-state index is -1.45. The van der Waals surface area contributed by atoms with Gasteiger partial charge in [0, 0.05) is 12.5 Å². The van der Waals surface area contributed by atoms with Crippen LogP contribution >= 0.6 is 0 Å². The lowest BCUT2D eigenvalue weighted by atomic mass is 10.1. The molecule has 110 valence electrons. The average Bonchev–Trinajstić information content (AvgIpc) is 2.39. The SMILES string of the molecule is CC(CN)CCC(=O)Nc1cc(F)c(F)cc1C(=O)O. The number of halogens is 2. The number of carbonyl (C=O) groups is 2. The van der Waals surface area contributed by atoms with E-state index in [0.717, 1.165) is 0 Å². The fourth-order valence-electron chi connectivity index (χ4n) is 1.54. The number of rotatable bonds is 6. The van der Waals surface area contributed by atoms with Crippen LogP contribution in [0.1, 0.15) is 30.1 Å². The Balaban J connectivity index is 2.83. The summed E-state index contributed by atoms with van der Waals surface area (Å²) < 4.78 is 26.1. The lowest BCUT2D eigenvalue weighted by Gasteiger charge is -2.11. The molecule has 0 aliphatic heterocycles. The molecule has 0 aromatic heterocycles. The molecule has 4 N–H and O–H groups in total. The van der Waals surface area contributed by atoms with E-state index >= 15 is 0 Å². The lowest BCUT2D eigenvalue weighted by Crippen LogP contribution is -2.18. The van der Waals surface area contributed by atoms with Gasteiger partial charge in [0.2, 0.25) is 5.91 Å². The zero-order valence-corrected chi connectivity index (χ0v) is 11.0. The van der Waals surface area contributed by atoms with Crippen LogP contribution in [0.3, 0.4) is 0 Å². The van der Waals surface area contributed by atoms with Crippen LogP contribution in [0.5, 0.6) is 0 Å². The molecule has 0 saturated heterocycles. The number of carboxylic acids is 1. The smallest absolute Gasteiger partial charge is 0.337 e. The van der Waals surface area contributed by atoms with E-state index in [9.17, 15) is 18.4 Å². The number of benzene rings is 1. The van der Waals surface area contributed by atoms with E-state index in [1.165, 1.54) is 0 Å². The molecule has 0 fully saturated rings. The van der Waals surface area contributed by atoms with E-state index in [0.29, 0.717) is 25.1 Å². The Hall–Kier alpha value is -2.02. The molecular formula is C13H16F2N2O3. The van der Waals surface area contributed by atoms with Gasteiger partial charge >= 0.3 is 5.97 Å². The van der Waals surface area contributed by atoms with Gasteiger partial charge in [-0.15, -0.1) is 0 Å². The topological polar surface area (TPSA) is 92.4 Å². The summed E-state index contributed by atoms with van der Waals surface area (Å²) in [5.41, 5.74) is 4.65. The summed E-state index contributed by atoms with van der Waals surface area (Å²) in [6, 6.07) is 1.19. The molecule has 1 aromatic carbocycles. The van der Waals surface area contributed by atoms with Crippen molar-refractivity contribution >= 4 is 17.6 Å². The van der Waals surface area contributed by atoms with E-state index < -0.39 is 29.1 Å². The second-order valence-corrected chi connectivity index (χ2v) is 4.54. The fourth-order valence-corrected chi connectivity index (χ4v) is 1.54. The molecular weight excluding hydrogens is 270 g/mol. The molecule has 1 amide bonds. The molecule has 1 atom stereocenters. The zero-order chi connectivity index (χ0) is 15.3. The van der Waals surface area contributed by atoms with Crippen molar-refractivity contribution < 1.29 is 23.5 Å². The van der Waals surface area contributed by atoms with Gasteiger partial charge in [0.1, 0.15) is 0 Å². The number of nitrogens with one attached hydrogen (secondary N) is 1. The Kier molecular flexibility index (Phi) is 5.57. The quantitative estimate of drug-likeness (QED) is 0.745. The second-order valence-electron chi connectivity index (χ2n) is 4.54. The second kappa shape index (κ2) is 6.95. The van der Waals surface area contributed by atoms with E-state index in [4.69, 9.17) is 10.8 Å². The van der Waals surface area contributed by atoms with Gasteiger partial charge < -0.3 is 16.2 Å². The van der Waals surface area contributed by atoms with Crippen LogP contribution in [0.2, 0.25) is 0 Å². The van der Waals surface area contributed by atoms with Crippen LogP contribution < -0.4 is 11.1 Å². The highest BCUT2D eigenvalue weighted by Crippen LogP contribution is 2.20. The molecule has 0 spiro atoms. The first-order chi connectivity index (χ1) is 9.35. The van der Waals surface area contributed by atoms with Crippen LogP contribution in [-0.2, 0) is 4.79 Å². The van der Waals surface area contributed by atoms with Crippen molar-refractivity contribution in [2.75, 3.05) is 11.9 Å². The summed E-state index contributed by atoms with van der Waals surface area (Å²) in [5.74, 6) is -4.28. The minimum absolute atomic E-state index is 0.121. The maximum absolute atomic E-state index is 13.1. The highest BCUT2D eigenvalue weighted by Gasteiger charge is 2.17. The van der Waals surface area contributed by atoms with Crippen LogP contribution in [0.4, 0.5) is 14.5 Å². The molecule has 0 bridgehead atoms. The highest BCUT2D eigenvalue weighted by molar-refractivity contribution is 6.00. The number of amides is 1. The normalized spacial score (nSPS) is 12.0. The van der Waals surface area contributed by atoms with E-state index in [1.807, 2.05) is 6.92 Å². The standard InChI is InChI=1S/C13H16F2N2O3/c1-7(6-16)2-3-12(18)17-11-5-10(15)9(14)4-8(11)13(19)20/h4-5,7H,2-3,6,16H2,1H3,(H,17,18)(H,19,20). The number of aromatic carboxylic acids is 1. The molecule has 7 heteroatoms. The predicted octanol–water partition coefficient (Wildman–Crippen LogP) is 1.98. The average molecular weight is 286 g/mol. The number of hydrogen-bond donors (Lipinski definition) is 3. The molecule has 0 heterocycles. The van der Waals surface area contributed by atoms with Gasteiger partial charge in [0.25, 0.3) is 0 Å². The maximum Gasteiger partial charge on any atom is 0.337 e. The van der Waals surface area contributed by atoms with E-state index in [2.05, 4.69) is 5.32 Å². The van der Waals surface area contributed by atoms with Gasteiger partial charge in [0.15, 0.2) is 11.6 Å². The maximum atomic E-state index is 13.1. The third-order valence-corrected chi connectivity index (χ3v) is 2.83. The van der Waals surface area contributed by atoms with Crippen molar-refractivity contribution in [2.45, 2.75) is 19.8 Å². The van der Waals surface area contributed by atoms with Crippen molar-refractivity contribution in [2.24, 2.45) is 11.7 Å². The molecule has 1 unspecified atom stereocenters. The number of carboxylic acid groups (broad SMARTS) is 1. The summed E-state index contributed by atoms with van der Waals surface area (Å²) in [5, 5.41) is 11.2. The molecule has 0 aliphatic carbocycles. The summed E-state index contributed by atoms with van der Waals surface area (Å²) in [7, 11) is 0. The molecule has 1 rings (SSSR count). The first-order valence-electron chi connectivity index (χ1n) is 6.07. The van der Waals surface area contributed by atoms with Gasteiger partial charge in [-0.05, 0) is 24.9 Å². The van der Waals surface area contributed by atoms with Gasteiger partial charge in [-0.1, -0.05) is 6.92 Å². The van der Waals surface area contributed by atoms with Crippen molar-refractivity contribution in [1.82, 2.24) is 0 Å². The Labute approximate surface area is 114 Å².